The quantitative estimate of drug-likeness (QED) is 0.544. The maximum Gasteiger partial charge on any atom is 0.127 e. The normalized spacial score (nSPS) is 24.3. The Morgan fingerprint density at radius 3 is 2.62 bits per heavy atom. The third kappa shape index (κ3) is 4.96. The summed E-state index contributed by atoms with van der Waals surface area (Å²) < 4.78 is 14.2. The van der Waals surface area contributed by atoms with Crippen molar-refractivity contribution in [2.24, 2.45) is 0 Å². The zero-order valence-corrected chi connectivity index (χ0v) is 13.2. The maximum atomic E-state index is 14.2. The molecule has 0 amide bonds. The summed E-state index contributed by atoms with van der Waals surface area (Å²) in [4.78, 5) is 0. The molecule has 2 rings (SSSR count). The molecule has 114 valence electrons. The van der Waals surface area contributed by atoms with Gasteiger partial charge in [0.15, 0.2) is 0 Å². The van der Waals surface area contributed by atoms with E-state index in [1.807, 2.05) is 6.08 Å². The van der Waals surface area contributed by atoms with Crippen LogP contribution < -0.4 is 0 Å². The molecule has 2 aliphatic rings. The summed E-state index contributed by atoms with van der Waals surface area (Å²) in [6.07, 6.45) is 11.4. The zero-order chi connectivity index (χ0) is 15.2. The first kappa shape index (κ1) is 16.2. The zero-order valence-electron chi connectivity index (χ0n) is 12.5. The molecule has 0 aliphatic heterocycles. The highest BCUT2D eigenvalue weighted by Gasteiger charge is 2.15. The molecule has 0 bridgehead atoms. The predicted molar refractivity (Wildman–Crippen MR) is 88.6 cm³/mol. The van der Waals surface area contributed by atoms with Gasteiger partial charge in [0.25, 0.3) is 0 Å². The Bertz CT molecular complexity index is 525. The first-order valence-corrected chi connectivity index (χ1v) is 8.11. The average molecular weight is 308 g/mol. The van der Waals surface area contributed by atoms with Crippen molar-refractivity contribution in [1.29, 1.82) is 5.41 Å². The Labute approximate surface area is 131 Å². The summed E-state index contributed by atoms with van der Waals surface area (Å²) in [5, 5.41) is 8.39. The van der Waals surface area contributed by atoms with E-state index in [1.165, 1.54) is 5.57 Å². The highest BCUT2D eigenvalue weighted by atomic mass is 35.5. The Hall–Kier alpha value is -1.15. The van der Waals surface area contributed by atoms with Crippen molar-refractivity contribution in [1.82, 2.24) is 0 Å². The molecule has 0 aromatic rings. The van der Waals surface area contributed by atoms with Crippen LogP contribution in [0.25, 0.3) is 0 Å². The van der Waals surface area contributed by atoms with Crippen LogP contribution in [0.5, 0.6) is 0 Å². The summed E-state index contributed by atoms with van der Waals surface area (Å²) in [6.45, 7) is 3.91. The fourth-order valence-electron chi connectivity index (χ4n) is 2.83. The minimum atomic E-state index is -0.223. The van der Waals surface area contributed by atoms with E-state index >= 15 is 0 Å². The fraction of sp³-hybridized carbons (Fsp3) is 0.500. The summed E-state index contributed by atoms with van der Waals surface area (Å²) in [7, 11) is 0. The fourth-order valence-corrected chi connectivity index (χ4v) is 3.16. The lowest BCUT2D eigenvalue weighted by Crippen LogP contribution is -1.94. The minimum absolute atomic E-state index is 0.223. The van der Waals surface area contributed by atoms with E-state index in [0.29, 0.717) is 23.4 Å². The van der Waals surface area contributed by atoms with Crippen LogP contribution in [0, 0.1) is 5.41 Å². The Morgan fingerprint density at radius 1 is 1.14 bits per heavy atom. The molecule has 2 aliphatic carbocycles. The van der Waals surface area contributed by atoms with Crippen LogP contribution in [0.2, 0.25) is 0 Å². The SMILES string of the molecule is C=C1CC=C(F)C(C=C2CCCCC(=N)CCC2)=C(Cl)C1. The molecule has 21 heavy (non-hydrogen) atoms. The Balaban J connectivity index is 2.20. The van der Waals surface area contributed by atoms with E-state index in [9.17, 15) is 4.39 Å². The van der Waals surface area contributed by atoms with Crippen molar-refractivity contribution in [2.75, 3.05) is 0 Å². The van der Waals surface area contributed by atoms with E-state index in [2.05, 4.69) is 6.58 Å². The van der Waals surface area contributed by atoms with Crippen molar-refractivity contribution in [3.8, 4) is 0 Å². The molecule has 0 radical (unpaired) electrons. The smallest absolute Gasteiger partial charge is 0.127 e. The molecule has 1 nitrogen and oxygen atoms in total. The van der Waals surface area contributed by atoms with Gasteiger partial charge in [-0.1, -0.05) is 35.4 Å². The van der Waals surface area contributed by atoms with Crippen LogP contribution in [-0.4, -0.2) is 5.71 Å². The van der Waals surface area contributed by atoms with Gasteiger partial charge in [-0.2, -0.15) is 0 Å². The van der Waals surface area contributed by atoms with Crippen LogP contribution in [0.15, 0.2) is 46.3 Å². The van der Waals surface area contributed by atoms with Gasteiger partial charge in [0.1, 0.15) is 5.83 Å². The van der Waals surface area contributed by atoms with Crippen LogP contribution >= 0.6 is 11.6 Å². The van der Waals surface area contributed by atoms with Gasteiger partial charge in [-0.15, -0.1) is 0 Å². The van der Waals surface area contributed by atoms with Crippen molar-refractivity contribution in [2.45, 2.75) is 57.8 Å². The maximum absolute atomic E-state index is 14.2. The monoisotopic (exact) mass is 307 g/mol. The molecule has 1 N–H and O–H groups in total. The van der Waals surface area contributed by atoms with E-state index in [4.69, 9.17) is 17.0 Å². The van der Waals surface area contributed by atoms with Gasteiger partial charge in [-0.25, -0.2) is 4.39 Å². The van der Waals surface area contributed by atoms with Gasteiger partial charge in [0.2, 0.25) is 0 Å². The first-order valence-electron chi connectivity index (χ1n) is 7.73. The molecule has 0 aromatic carbocycles. The standard InChI is InChI=1S/C18H23ClFN/c1-13-9-10-18(20)16(17(19)11-13)12-14-5-2-3-7-15(21)8-4-6-14/h10,12,21H,1-9,11H2. The molecule has 0 spiro atoms. The van der Waals surface area contributed by atoms with Gasteiger partial charge in [0, 0.05) is 22.7 Å². The first-order chi connectivity index (χ1) is 10.1. The number of hydrogen-bond acceptors (Lipinski definition) is 1. The van der Waals surface area contributed by atoms with E-state index < -0.39 is 0 Å². The van der Waals surface area contributed by atoms with Gasteiger partial charge in [0.05, 0.1) is 0 Å². The van der Waals surface area contributed by atoms with Crippen LogP contribution in [0.3, 0.4) is 0 Å². The topological polar surface area (TPSA) is 23.9 Å². The Morgan fingerprint density at radius 2 is 1.81 bits per heavy atom. The predicted octanol–water partition coefficient (Wildman–Crippen LogP) is 6.37. The second-order valence-electron chi connectivity index (χ2n) is 5.97. The molecular formula is C18H23ClFN. The van der Waals surface area contributed by atoms with Crippen LogP contribution in [0.4, 0.5) is 4.39 Å². The summed E-state index contributed by atoms with van der Waals surface area (Å²) >= 11 is 6.28. The van der Waals surface area contributed by atoms with Gasteiger partial charge >= 0.3 is 0 Å². The minimum Gasteiger partial charge on any atom is -0.310 e. The van der Waals surface area contributed by atoms with Crippen LogP contribution in [-0.2, 0) is 0 Å². The van der Waals surface area contributed by atoms with E-state index in [-0.39, 0.29) is 5.83 Å². The lowest BCUT2D eigenvalue weighted by Gasteiger charge is -2.08. The number of halogens is 2. The van der Waals surface area contributed by atoms with Crippen molar-refractivity contribution in [3.05, 3.63) is 46.3 Å². The molecule has 0 saturated heterocycles. The third-order valence-corrected chi connectivity index (χ3v) is 4.41. The van der Waals surface area contributed by atoms with Crippen molar-refractivity contribution < 1.29 is 4.39 Å². The largest absolute Gasteiger partial charge is 0.310 e. The number of allylic oxidation sites excluding steroid dienone is 7. The molecule has 1 fully saturated rings. The third-order valence-electron chi connectivity index (χ3n) is 4.08. The van der Waals surface area contributed by atoms with E-state index in [0.717, 1.165) is 56.2 Å². The summed E-state index contributed by atoms with van der Waals surface area (Å²) in [5.41, 5.74) is 3.60. The Kier molecular flexibility index (Phi) is 5.98. The summed E-state index contributed by atoms with van der Waals surface area (Å²) in [6, 6.07) is 0. The molecule has 0 aromatic heterocycles. The average Bonchev–Trinajstić information content (AvgIpc) is 2.52. The second kappa shape index (κ2) is 7.74. The number of rotatable bonds is 1. The van der Waals surface area contributed by atoms with Gasteiger partial charge < -0.3 is 5.41 Å². The van der Waals surface area contributed by atoms with Gasteiger partial charge in [-0.05, 0) is 57.4 Å². The number of nitrogens with one attached hydrogen (secondary N) is 1. The molecular weight excluding hydrogens is 285 g/mol. The second-order valence-corrected chi connectivity index (χ2v) is 6.42. The van der Waals surface area contributed by atoms with Gasteiger partial charge in [-0.3, -0.25) is 0 Å². The van der Waals surface area contributed by atoms with E-state index in [1.54, 1.807) is 6.08 Å². The molecule has 3 heteroatoms. The molecule has 0 atom stereocenters. The number of hydrogen-bond donors (Lipinski definition) is 1. The molecule has 0 heterocycles. The van der Waals surface area contributed by atoms with Crippen LogP contribution in [0.1, 0.15) is 57.8 Å². The van der Waals surface area contributed by atoms with Crippen molar-refractivity contribution in [3.63, 3.8) is 0 Å². The molecule has 0 unspecified atom stereocenters. The highest BCUT2D eigenvalue weighted by Crippen LogP contribution is 2.33. The highest BCUT2D eigenvalue weighted by molar-refractivity contribution is 6.30. The summed E-state index contributed by atoms with van der Waals surface area (Å²) in [5.74, 6) is -0.223. The molecule has 1 saturated carbocycles. The lowest BCUT2D eigenvalue weighted by atomic mass is 10.00. The lowest BCUT2D eigenvalue weighted by molar-refractivity contribution is 0.651. The van der Waals surface area contributed by atoms with Crippen molar-refractivity contribution >= 4 is 17.3 Å².